The summed E-state index contributed by atoms with van der Waals surface area (Å²) in [5.41, 5.74) is 7.47. The zero-order valence-corrected chi connectivity index (χ0v) is 10.1. The second kappa shape index (κ2) is 4.59. The van der Waals surface area contributed by atoms with Gasteiger partial charge in [-0.3, -0.25) is 0 Å². The predicted octanol–water partition coefficient (Wildman–Crippen LogP) is 2.60. The van der Waals surface area contributed by atoms with E-state index in [0.29, 0.717) is 11.7 Å². The highest BCUT2D eigenvalue weighted by Crippen LogP contribution is 2.30. The first-order valence-electron chi connectivity index (χ1n) is 3.97. The maximum atomic E-state index is 5.72. The SMILES string of the molecule is CI=Nc1c(N)ncnc1C(C)C. The smallest absolute Gasteiger partial charge is 0.153 e. The first kappa shape index (κ1) is 10.5. The molecule has 1 aromatic rings. The highest BCUT2D eigenvalue weighted by atomic mass is 127. The van der Waals surface area contributed by atoms with Crippen molar-refractivity contribution in [3.63, 3.8) is 0 Å². The van der Waals surface area contributed by atoms with Gasteiger partial charge in [0.1, 0.15) is 12.0 Å². The largest absolute Gasteiger partial charge is 0.382 e. The van der Waals surface area contributed by atoms with Crippen LogP contribution in [0.25, 0.3) is 0 Å². The highest BCUT2D eigenvalue weighted by Gasteiger charge is 2.10. The molecule has 4 nitrogen and oxygen atoms in total. The molecule has 0 amide bonds. The van der Waals surface area contributed by atoms with Crippen LogP contribution in [0.3, 0.4) is 0 Å². The third-order valence-corrected chi connectivity index (χ3v) is 2.56. The molecule has 0 radical (unpaired) electrons. The highest BCUT2D eigenvalue weighted by molar-refractivity contribution is 14.2. The summed E-state index contributed by atoms with van der Waals surface area (Å²) in [6, 6.07) is 0. The topological polar surface area (TPSA) is 64.2 Å². The van der Waals surface area contributed by atoms with Gasteiger partial charge >= 0.3 is 0 Å². The molecule has 0 saturated heterocycles. The summed E-state index contributed by atoms with van der Waals surface area (Å²) in [7, 11) is 0. The van der Waals surface area contributed by atoms with Gasteiger partial charge in [-0.1, -0.05) is 13.8 Å². The molecular weight excluding hydrogens is 279 g/mol. The Morgan fingerprint density at radius 1 is 1.46 bits per heavy atom. The van der Waals surface area contributed by atoms with Gasteiger partial charge in [-0.15, -0.1) is 0 Å². The van der Waals surface area contributed by atoms with Crippen LogP contribution >= 0.6 is 21.0 Å². The van der Waals surface area contributed by atoms with Crippen LogP contribution in [0, 0.1) is 0 Å². The molecule has 72 valence electrons. The van der Waals surface area contributed by atoms with Gasteiger partial charge < -0.3 is 5.73 Å². The molecule has 0 unspecified atom stereocenters. The van der Waals surface area contributed by atoms with Crippen molar-refractivity contribution in [1.29, 1.82) is 0 Å². The van der Waals surface area contributed by atoms with Gasteiger partial charge in [0.15, 0.2) is 5.82 Å². The quantitative estimate of drug-likeness (QED) is 0.673. The minimum atomic E-state index is -0.165. The van der Waals surface area contributed by atoms with E-state index in [9.17, 15) is 0 Å². The van der Waals surface area contributed by atoms with Gasteiger partial charge in [0, 0.05) is 4.93 Å². The summed E-state index contributed by atoms with van der Waals surface area (Å²) >= 11 is -0.165. The number of anilines is 1. The van der Waals surface area contributed by atoms with Crippen molar-refractivity contribution >= 4 is 32.5 Å². The van der Waals surface area contributed by atoms with Crippen molar-refractivity contribution in [3.8, 4) is 0 Å². The number of alkyl halides is 1. The molecule has 0 aliphatic carbocycles. The maximum absolute atomic E-state index is 5.72. The van der Waals surface area contributed by atoms with E-state index in [4.69, 9.17) is 5.73 Å². The molecule has 0 spiro atoms. The number of hydrogen-bond donors (Lipinski definition) is 1. The van der Waals surface area contributed by atoms with Gasteiger partial charge in [-0.25, -0.2) is 13.1 Å². The molecule has 0 saturated carbocycles. The molecule has 0 fully saturated rings. The van der Waals surface area contributed by atoms with Crippen molar-refractivity contribution in [2.45, 2.75) is 19.8 Å². The van der Waals surface area contributed by atoms with E-state index in [1.54, 1.807) is 0 Å². The molecule has 0 aliphatic heterocycles. The van der Waals surface area contributed by atoms with E-state index in [-0.39, 0.29) is 21.0 Å². The fourth-order valence-corrected chi connectivity index (χ4v) is 1.98. The lowest BCUT2D eigenvalue weighted by molar-refractivity contribution is 0.817. The van der Waals surface area contributed by atoms with Gasteiger partial charge in [-0.05, 0) is 27.0 Å². The number of halogens is 1. The van der Waals surface area contributed by atoms with E-state index < -0.39 is 0 Å². The summed E-state index contributed by atoms with van der Waals surface area (Å²) in [5.74, 6) is 0.847. The number of nitrogens with zero attached hydrogens (tertiary/aromatic N) is 3. The fraction of sp³-hybridized carbons (Fsp3) is 0.500. The molecule has 0 atom stereocenters. The van der Waals surface area contributed by atoms with E-state index in [0.717, 1.165) is 11.4 Å². The Balaban J connectivity index is 3.25. The third-order valence-electron chi connectivity index (χ3n) is 1.59. The standard InChI is InChI=1S/C8H13IN4/c1-5(2)6-7(13-9-3)8(10)12-4-11-6/h4-5H,1-3H3,(H2,10,11,12). The average molecular weight is 292 g/mol. The van der Waals surface area contributed by atoms with E-state index in [1.807, 2.05) is 0 Å². The molecule has 0 aliphatic rings. The zero-order chi connectivity index (χ0) is 9.84. The Labute approximate surface area is 88.1 Å². The fourth-order valence-electron chi connectivity index (χ4n) is 1.00. The summed E-state index contributed by atoms with van der Waals surface area (Å²) in [6.45, 7) is 4.16. The summed E-state index contributed by atoms with van der Waals surface area (Å²) < 4.78 is 4.39. The Bertz CT molecular complexity index is 322. The van der Waals surface area contributed by atoms with Crippen LogP contribution in [0.2, 0.25) is 0 Å². The van der Waals surface area contributed by atoms with E-state index >= 15 is 0 Å². The first-order chi connectivity index (χ1) is 6.16. The molecule has 5 heteroatoms. The first-order valence-corrected chi connectivity index (χ1v) is 7.09. The Morgan fingerprint density at radius 2 is 2.15 bits per heavy atom. The van der Waals surface area contributed by atoms with Crippen molar-refractivity contribution in [2.24, 2.45) is 3.15 Å². The Kier molecular flexibility index (Phi) is 3.71. The van der Waals surface area contributed by atoms with Crippen LogP contribution < -0.4 is 5.73 Å². The van der Waals surface area contributed by atoms with Crippen molar-refractivity contribution in [1.82, 2.24) is 9.97 Å². The molecule has 2 N–H and O–H groups in total. The second-order valence-corrected chi connectivity index (χ2v) is 4.35. The molecule has 1 heterocycles. The molecule has 13 heavy (non-hydrogen) atoms. The molecule has 1 aromatic heterocycles. The molecule has 1 rings (SSSR count). The average Bonchev–Trinajstić information content (AvgIpc) is 2.08. The number of aromatic nitrogens is 2. The molecule has 0 bridgehead atoms. The van der Waals surface area contributed by atoms with Crippen LogP contribution in [0.15, 0.2) is 9.47 Å². The predicted molar refractivity (Wildman–Crippen MR) is 62.6 cm³/mol. The minimum Gasteiger partial charge on any atom is -0.382 e. The maximum Gasteiger partial charge on any atom is 0.153 e. The summed E-state index contributed by atoms with van der Waals surface area (Å²) in [6.07, 6.45) is 1.50. The zero-order valence-electron chi connectivity index (χ0n) is 7.95. The van der Waals surface area contributed by atoms with E-state index in [1.165, 1.54) is 6.33 Å². The summed E-state index contributed by atoms with van der Waals surface area (Å²) in [4.78, 5) is 10.2. The van der Waals surface area contributed by atoms with Crippen LogP contribution in [-0.4, -0.2) is 14.9 Å². The lowest BCUT2D eigenvalue weighted by atomic mass is 10.1. The third kappa shape index (κ3) is 2.43. The Morgan fingerprint density at radius 3 is 2.69 bits per heavy atom. The number of rotatable bonds is 2. The lowest BCUT2D eigenvalue weighted by Gasteiger charge is -2.07. The van der Waals surface area contributed by atoms with Crippen LogP contribution in [0.5, 0.6) is 0 Å². The van der Waals surface area contributed by atoms with Crippen LogP contribution in [0.1, 0.15) is 25.5 Å². The van der Waals surface area contributed by atoms with Crippen molar-refractivity contribution in [2.75, 3.05) is 10.7 Å². The molecule has 0 aromatic carbocycles. The van der Waals surface area contributed by atoms with Gasteiger partial charge in [0.05, 0.1) is 5.69 Å². The summed E-state index contributed by atoms with van der Waals surface area (Å²) in [5, 5.41) is 0. The van der Waals surface area contributed by atoms with Gasteiger partial charge in [-0.2, -0.15) is 0 Å². The van der Waals surface area contributed by atoms with Gasteiger partial charge in [0.2, 0.25) is 0 Å². The number of hydrogen-bond acceptors (Lipinski definition) is 4. The number of nitrogens with two attached hydrogens (primary N) is 1. The van der Waals surface area contributed by atoms with Gasteiger partial charge in [0.25, 0.3) is 0 Å². The van der Waals surface area contributed by atoms with Crippen molar-refractivity contribution in [3.05, 3.63) is 12.0 Å². The monoisotopic (exact) mass is 292 g/mol. The van der Waals surface area contributed by atoms with E-state index in [2.05, 4.69) is 31.9 Å². The van der Waals surface area contributed by atoms with Crippen LogP contribution in [-0.2, 0) is 0 Å². The Hall–Kier alpha value is -0.590. The van der Waals surface area contributed by atoms with Crippen molar-refractivity contribution < 1.29 is 0 Å². The normalized spacial score (nSPS) is 12.0. The number of nitrogen functional groups attached to an aromatic ring is 1. The second-order valence-electron chi connectivity index (χ2n) is 2.90. The molecular formula is C8H13IN4. The lowest BCUT2D eigenvalue weighted by Crippen LogP contribution is -1.98. The minimum absolute atomic E-state index is 0.165. The van der Waals surface area contributed by atoms with Crippen LogP contribution in [0.4, 0.5) is 11.5 Å².